The molecule has 102 valence electrons. The van der Waals surface area contributed by atoms with E-state index >= 15 is 0 Å². The number of carbonyl (C=O) groups excluding carboxylic acids is 2. The average Bonchev–Trinajstić information content (AvgIpc) is 2.43. The second-order valence-corrected chi connectivity index (χ2v) is 3.86. The van der Waals surface area contributed by atoms with Gasteiger partial charge in [-0.25, -0.2) is 0 Å². The van der Waals surface area contributed by atoms with E-state index < -0.39 is 0 Å². The summed E-state index contributed by atoms with van der Waals surface area (Å²) in [5.41, 5.74) is 0.866. The first kappa shape index (κ1) is 14.8. The third-order valence-electron chi connectivity index (χ3n) is 2.43. The van der Waals surface area contributed by atoms with Crippen molar-refractivity contribution in [3.05, 3.63) is 42.5 Å². The number of para-hydroxylation sites is 1. The minimum Gasteiger partial charge on any atom is -0.496 e. The molecule has 19 heavy (non-hydrogen) atoms. The van der Waals surface area contributed by atoms with Gasteiger partial charge in [0.1, 0.15) is 12.2 Å². The highest BCUT2D eigenvalue weighted by molar-refractivity contribution is 5.96. The van der Waals surface area contributed by atoms with Crippen molar-refractivity contribution in [1.82, 2.24) is 10.6 Å². The van der Waals surface area contributed by atoms with Crippen LogP contribution in [0.15, 0.2) is 36.9 Å². The summed E-state index contributed by atoms with van der Waals surface area (Å²) < 4.78 is 5.17. The Morgan fingerprint density at radius 3 is 2.63 bits per heavy atom. The van der Waals surface area contributed by atoms with Crippen LogP contribution in [0.2, 0.25) is 0 Å². The zero-order valence-corrected chi connectivity index (χ0v) is 10.9. The highest BCUT2D eigenvalue weighted by Gasteiger charge is 2.09. The summed E-state index contributed by atoms with van der Waals surface area (Å²) in [6.07, 6.45) is 1.37. The summed E-state index contributed by atoms with van der Waals surface area (Å²) in [5.74, 6) is 0.0591. The number of rotatable bonds is 7. The molecule has 0 saturated carbocycles. The van der Waals surface area contributed by atoms with Crippen molar-refractivity contribution in [1.29, 1.82) is 0 Å². The van der Waals surface area contributed by atoms with Crippen molar-refractivity contribution >= 4 is 11.8 Å². The largest absolute Gasteiger partial charge is 0.496 e. The van der Waals surface area contributed by atoms with Gasteiger partial charge in [0.05, 0.1) is 7.11 Å². The molecule has 0 aliphatic carbocycles. The molecule has 1 aromatic carbocycles. The highest BCUT2D eigenvalue weighted by Crippen LogP contribution is 2.16. The van der Waals surface area contributed by atoms with E-state index in [-0.39, 0.29) is 18.2 Å². The SMILES string of the molecule is C=CCNC(=O)CC(=O)NCc1ccccc1OC. The third-order valence-corrected chi connectivity index (χ3v) is 2.43. The molecule has 2 amide bonds. The first-order valence-electron chi connectivity index (χ1n) is 5.93. The Hall–Kier alpha value is -2.30. The number of nitrogens with one attached hydrogen (secondary N) is 2. The van der Waals surface area contributed by atoms with E-state index in [1.807, 2.05) is 24.3 Å². The van der Waals surface area contributed by atoms with E-state index in [0.29, 0.717) is 18.8 Å². The molecule has 0 aliphatic rings. The number of hydrogen-bond donors (Lipinski definition) is 2. The van der Waals surface area contributed by atoms with Gasteiger partial charge in [0.15, 0.2) is 0 Å². The molecule has 1 rings (SSSR count). The van der Waals surface area contributed by atoms with Crippen molar-refractivity contribution in [2.24, 2.45) is 0 Å². The molecule has 0 atom stereocenters. The minimum atomic E-state index is -0.326. The second kappa shape index (κ2) is 7.92. The van der Waals surface area contributed by atoms with E-state index in [1.54, 1.807) is 13.2 Å². The summed E-state index contributed by atoms with van der Waals surface area (Å²) in [4.78, 5) is 22.9. The fourth-order valence-corrected chi connectivity index (χ4v) is 1.50. The van der Waals surface area contributed by atoms with Gasteiger partial charge in [0.25, 0.3) is 0 Å². The van der Waals surface area contributed by atoms with E-state index in [2.05, 4.69) is 17.2 Å². The maximum absolute atomic E-state index is 11.6. The van der Waals surface area contributed by atoms with Gasteiger partial charge in [0, 0.05) is 18.7 Å². The molecule has 0 radical (unpaired) electrons. The predicted molar refractivity (Wildman–Crippen MR) is 72.7 cm³/mol. The Morgan fingerprint density at radius 2 is 1.95 bits per heavy atom. The Bertz CT molecular complexity index is 458. The van der Waals surface area contributed by atoms with Crippen molar-refractivity contribution < 1.29 is 14.3 Å². The standard InChI is InChI=1S/C14H18N2O3/c1-3-8-15-13(17)9-14(18)16-10-11-6-4-5-7-12(11)19-2/h3-7H,1,8-10H2,2H3,(H,15,17)(H,16,18). The van der Waals surface area contributed by atoms with E-state index in [0.717, 1.165) is 5.56 Å². The topological polar surface area (TPSA) is 67.4 Å². The fraction of sp³-hybridized carbons (Fsp3) is 0.286. The predicted octanol–water partition coefficient (Wildman–Crippen LogP) is 1.00. The number of hydrogen-bond acceptors (Lipinski definition) is 3. The molecular formula is C14H18N2O3. The summed E-state index contributed by atoms with van der Waals surface area (Å²) in [6.45, 7) is 4.17. The molecule has 0 aliphatic heterocycles. The minimum absolute atomic E-state index is 0.191. The normalized spacial score (nSPS) is 9.53. The van der Waals surface area contributed by atoms with Crippen LogP contribution in [0, 0.1) is 0 Å². The maximum atomic E-state index is 11.6. The maximum Gasteiger partial charge on any atom is 0.229 e. The molecular weight excluding hydrogens is 244 g/mol. The molecule has 0 heterocycles. The van der Waals surface area contributed by atoms with Gasteiger partial charge in [0.2, 0.25) is 11.8 Å². The van der Waals surface area contributed by atoms with Crippen LogP contribution >= 0.6 is 0 Å². The molecule has 1 aromatic rings. The van der Waals surface area contributed by atoms with Crippen LogP contribution in [0.25, 0.3) is 0 Å². The molecule has 0 saturated heterocycles. The van der Waals surface area contributed by atoms with Crippen LogP contribution in [0.5, 0.6) is 5.75 Å². The summed E-state index contributed by atoms with van der Waals surface area (Å²) in [6, 6.07) is 7.39. The first-order chi connectivity index (χ1) is 9.17. The third kappa shape index (κ3) is 5.25. The lowest BCUT2D eigenvalue weighted by Gasteiger charge is -2.09. The van der Waals surface area contributed by atoms with Gasteiger partial charge in [-0.2, -0.15) is 0 Å². The number of carbonyl (C=O) groups is 2. The van der Waals surface area contributed by atoms with Crippen molar-refractivity contribution in [2.75, 3.05) is 13.7 Å². The molecule has 0 unspecified atom stereocenters. The first-order valence-corrected chi connectivity index (χ1v) is 5.93. The zero-order chi connectivity index (χ0) is 14.1. The van der Waals surface area contributed by atoms with Crippen LogP contribution in [-0.4, -0.2) is 25.5 Å². The molecule has 5 nitrogen and oxygen atoms in total. The van der Waals surface area contributed by atoms with E-state index in [4.69, 9.17) is 4.74 Å². The zero-order valence-electron chi connectivity index (χ0n) is 10.9. The van der Waals surface area contributed by atoms with Crippen LogP contribution < -0.4 is 15.4 Å². The van der Waals surface area contributed by atoms with Gasteiger partial charge in [-0.15, -0.1) is 6.58 Å². The summed E-state index contributed by atoms with van der Waals surface area (Å²) >= 11 is 0. The summed E-state index contributed by atoms with van der Waals surface area (Å²) in [7, 11) is 1.57. The van der Waals surface area contributed by atoms with Crippen LogP contribution in [0.3, 0.4) is 0 Å². The molecule has 2 N–H and O–H groups in total. The van der Waals surface area contributed by atoms with Gasteiger partial charge in [-0.3, -0.25) is 9.59 Å². The Morgan fingerprint density at radius 1 is 1.26 bits per heavy atom. The lowest BCUT2D eigenvalue weighted by molar-refractivity contribution is -0.129. The summed E-state index contributed by atoms with van der Waals surface area (Å²) in [5, 5.41) is 5.22. The molecule has 0 fully saturated rings. The van der Waals surface area contributed by atoms with Crippen molar-refractivity contribution in [3.63, 3.8) is 0 Å². The lowest BCUT2D eigenvalue weighted by Crippen LogP contribution is -2.31. The number of amides is 2. The number of benzene rings is 1. The molecule has 0 spiro atoms. The van der Waals surface area contributed by atoms with E-state index in [1.165, 1.54) is 0 Å². The van der Waals surface area contributed by atoms with Gasteiger partial charge >= 0.3 is 0 Å². The fourth-order valence-electron chi connectivity index (χ4n) is 1.50. The van der Waals surface area contributed by atoms with Crippen LogP contribution in [-0.2, 0) is 16.1 Å². The molecule has 0 aromatic heterocycles. The second-order valence-electron chi connectivity index (χ2n) is 3.86. The van der Waals surface area contributed by atoms with Gasteiger partial charge in [-0.1, -0.05) is 24.3 Å². The average molecular weight is 262 g/mol. The number of ether oxygens (including phenoxy) is 1. The molecule has 5 heteroatoms. The Balaban J connectivity index is 2.41. The smallest absolute Gasteiger partial charge is 0.229 e. The highest BCUT2D eigenvalue weighted by atomic mass is 16.5. The quantitative estimate of drug-likeness (QED) is 0.569. The Kier molecular flexibility index (Phi) is 6.15. The van der Waals surface area contributed by atoms with Crippen LogP contribution in [0.1, 0.15) is 12.0 Å². The monoisotopic (exact) mass is 262 g/mol. The van der Waals surface area contributed by atoms with Crippen molar-refractivity contribution in [2.45, 2.75) is 13.0 Å². The van der Waals surface area contributed by atoms with Crippen molar-refractivity contribution in [3.8, 4) is 5.75 Å². The van der Waals surface area contributed by atoms with Crippen LogP contribution in [0.4, 0.5) is 0 Å². The Labute approximate surface area is 112 Å². The number of methoxy groups -OCH3 is 1. The van der Waals surface area contributed by atoms with E-state index in [9.17, 15) is 9.59 Å². The lowest BCUT2D eigenvalue weighted by atomic mass is 10.2. The van der Waals surface area contributed by atoms with Gasteiger partial charge < -0.3 is 15.4 Å². The van der Waals surface area contributed by atoms with Gasteiger partial charge in [-0.05, 0) is 6.07 Å². The molecule has 0 bridgehead atoms.